The molecule has 0 unspecified atom stereocenters. The molecule has 0 radical (unpaired) electrons. The van der Waals surface area contributed by atoms with Crippen molar-refractivity contribution >= 4 is 16.0 Å². The van der Waals surface area contributed by atoms with Crippen molar-refractivity contribution in [2.75, 3.05) is 19.4 Å². The van der Waals surface area contributed by atoms with E-state index in [1.54, 1.807) is 0 Å². The Labute approximate surface area is 108 Å². The van der Waals surface area contributed by atoms with Gasteiger partial charge in [0.15, 0.2) is 0 Å². The minimum atomic E-state index is -3.56. The fraction of sp³-hybridized carbons (Fsp3) is 0.818. The van der Waals surface area contributed by atoms with Crippen LogP contribution >= 0.6 is 0 Å². The molecule has 0 aromatic rings. The summed E-state index contributed by atoms with van der Waals surface area (Å²) in [5.74, 6) is -0.848. The Hall–Kier alpha value is -1.13. The summed E-state index contributed by atoms with van der Waals surface area (Å²) in [5, 5.41) is 8.74. The van der Waals surface area contributed by atoms with Crippen LogP contribution in [0.5, 0.6) is 0 Å². The number of rotatable bonds is 6. The highest BCUT2D eigenvalue weighted by Gasteiger charge is 2.32. The van der Waals surface area contributed by atoms with Crippen molar-refractivity contribution in [3.8, 4) is 6.07 Å². The van der Waals surface area contributed by atoms with Gasteiger partial charge < -0.3 is 4.74 Å². The van der Waals surface area contributed by atoms with E-state index in [0.29, 0.717) is 0 Å². The maximum atomic E-state index is 12.1. The number of methoxy groups -OCH3 is 1. The van der Waals surface area contributed by atoms with E-state index in [-0.39, 0.29) is 24.8 Å². The number of nitriles is 1. The van der Waals surface area contributed by atoms with Crippen LogP contribution in [0.25, 0.3) is 0 Å². The first-order valence-electron chi connectivity index (χ1n) is 5.94. The lowest BCUT2D eigenvalue weighted by molar-refractivity contribution is -0.140. The van der Waals surface area contributed by atoms with E-state index in [0.717, 1.165) is 25.7 Å². The molecule has 0 aromatic carbocycles. The third-order valence-corrected chi connectivity index (χ3v) is 4.97. The summed E-state index contributed by atoms with van der Waals surface area (Å²) in [6.45, 7) is -0.145. The predicted octanol–water partition coefficient (Wildman–Crippen LogP) is 0.647. The minimum Gasteiger partial charge on any atom is -0.469 e. The van der Waals surface area contributed by atoms with E-state index in [4.69, 9.17) is 5.26 Å². The molecule has 6 nitrogen and oxygen atoms in total. The number of carbonyl (C=O) groups is 1. The molecule has 0 aromatic heterocycles. The zero-order valence-electron chi connectivity index (χ0n) is 10.5. The maximum Gasteiger partial charge on any atom is 0.306 e. The molecular weight excluding hydrogens is 256 g/mol. The molecule has 1 saturated carbocycles. The fourth-order valence-corrected chi connectivity index (χ4v) is 3.73. The van der Waals surface area contributed by atoms with Crippen LogP contribution in [0.3, 0.4) is 0 Å². The number of hydrogen-bond donors (Lipinski definition) is 0. The maximum absolute atomic E-state index is 12.1. The molecule has 0 amide bonds. The predicted molar refractivity (Wildman–Crippen MR) is 65.0 cm³/mol. The second kappa shape index (κ2) is 6.71. The molecule has 1 fully saturated rings. The van der Waals surface area contributed by atoms with E-state index >= 15 is 0 Å². The van der Waals surface area contributed by atoms with Crippen molar-refractivity contribution in [1.82, 2.24) is 4.31 Å². The molecule has 1 rings (SSSR count). The molecule has 0 bridgehead atoms. The average Bonchev–Trinajstić information content (AvgIpc) is 2.86. The van der Waals surface area contributed by atoms with Gasteiger partial charge in [-0.25, -0.2) is 8.42 Å². The number of hydrogen-bond acceptors (Lipinski definition) is 5. The first kappa shape index (κ1) is 14.9. The van der Waals surface area contributed by atoms with Gasteiger partial charge in [-0.1, -0.05) is 12.8 Å². The lowest BCUT2D eigenvalue weighted by Gasteiger charge is -2.25. The van der Waals surface area contributed by atoms with Gasteiger partial charge in [0.2, 0.25) is 10.0 Å². The number of nitrogens with zero attached hydrogens (tertiary/aromatic N) is 2. The monoisotopic (exact) mass is 274 g/mol. The van der Waals surface area contributed by atoms with Gasteiger partial charge in [-0.2, -0.15) is 9.57 Å². The molecule has 7 heteroatoms. The normalized spacial score (nSPS) is 16.7. The molecule has 0 atom stereocenters. The average molecular weight is 274 g/mol. The van der Waals surface area contributed by atoms with Crippen LogP contribution in [0, 0.1) is 11.3 Å². The van der Waals surface area contributed by atoms with Crippen molar-refractivity contribution in [3.05, 3.63) is 0 Å². The van der Waals surface area contributed by atoms with Gasteiger partial charge in [0.05, 0.1) is 25.4 Å². The van der Waals surface area contributed by atoms with Gasteiger partial charge in [-0.05, 0) is 12.8 Å². The Morgan fingerprint density at radius 1 is 1.44 bits per heavy atom. The summed E-state index contributed by atoms with van der Waals surface area (Å²) in [6.07, 6.45) is 3.38. The van der Waals surface area contributed by atoms with Crippen LogP contribution < -0.4 is 0 Å². The summed E-state index contributed by atoms with van der Waals surface area (Å²) in [6, 6.07) is 1.79. The molecule has 18 heavy (non-hydrogen) atoms. The second-order valence-electron chi connectivity index (χ2n) is 4.28. The number of sulfonamides is 1. The van der Waals surface area contributed by atoms with E-state index in [1.165, 1.54) is 11.4 Å². The highest BCUT2D eigenvalue weighted by molar-refractivity contribution is 7.89. The first-order chi connectivity index (χ1) is 8.51. The van der Waals surface area contributed by atoms with E-state index in [2.05, 4.69) is 4.74 Å². The standard InChI is InChI=1S/C11H18N2O4S/c1-17-11(14)6-9-18(15,16)13(8-7-12)10-4-2-3-5-10/h10H,2-6,8-9H2,1H3. The zero-order valence-corrected chi connectivity index (χ0v) is 11.3. The van der Waals surface area contributed by atoms with Crippen LogP contribution in [-0.4, -0.2) is 44.1 Å². The Morgan fingerprint density at radius 2 is 2.06 bits per heavy atom. The van der Waals surface area contributed by atoms with Crippen molar-refractivity contribution in [2.45, 2.75) is 38.1 Å². The Balaban J connectivity index is 2.70. The topological polar surface area (TPSA) is 87.5 Å². The fourth-order valence-electron chi connectivity index (χ4n) is 2.15. The molecule has 0 saturated heterocycles. The largest absolute Gasteiger partial charge is 0.469 e. The van der Waals surface area contributed by atoms with Crippen LogP contribution in [0.4, 0.5) is 0 Å². The van der Waals surface area contributed by atoms with Crippen LogP contribution in [0.2, 0.25) is 0 Å². The third kappa shape index (κ3) is 3.96. The van der Waals surface area contributed by atoms with Crippen LogP contribution in [0.1, 0.15) is 32.1 Å². The molecule has 1 aliphatic rings. The summed E-state index contributed by atoms with van der Waals surface area (Å²) in [5.41, 5.74) is 0. The summed E-state index contributed by atoms with van der Waals surface area (Å²) in [7, 11) is -2.34. The van der Waals surface area contributed by atoms with Crippen molar-refractivity contribution < 1.29 is 17.9 Å². The van der Waals surface area contributed by atoms with Gasteiger partial charge in [0, 0.05) is 6.04 Å². The van der Waals surface area contributed by atoms with E-state index < -0.39 is 16.0 Å². The summed E-state index contributed by atoms with van der Waals surface area (Å²) >= 11 is 0. The minimum absolute atomic E-state index is 0.0905. The molecule has 0 heterocycles. The molecule has 1 aliphatic carbocycles. The van der Waals surface area contributed by atoms with Crippen LogP contribution in [-0.2, 0) is 19.6 Å². The van der Waals surface area contributed by atoms with Gasteiger partial charge in [0.25, 0.3) is 0 Å². The molecule has 102 valence electrons. The first-order valence-corrected chi connectivity index (χ1v) is 7.55. The zero-order chi connectivity index (χ0) is 13.6. The smallest absolute Gasteiger partial charge is 0.306 e. The van der Waals surface area contributed by atoms with Gasteiger partial charge in [0.1, 0.15) is 6.54 Å². The van der Waals surface area contributed by atoms with Gasteiger partial charge in [-0.3, -0.25) is 4.79 Å². The highest BCUT2D eigenvalue weighted by atomic mass is 32.2. The van der Waals surface area contributed by atoms with E-state index in [1.807, 2.05) is 6.07 Å². The van der Waals surface area contributed by atoms with Gasteiger partial charge >= 0.3 is 5.97 Å². The lowest BCUT2D eigenvalue weighted by atomic mass is 10.2. The Kier molecular flexibility index (Phi) is 5.56. The molecule has 0 aliphatic heterocycles. The van der Waals surface area contributed by atoms with E-state index in [9.17, 15) is 13.2 Å². The lowest BCUT2D eigenvalue weighted by Crippen LogP contribution is -2.40. The molecule has 0 N–H and O–H groups in total. The van der Waals surface area contributed by atoms with Gasteiger partial charge in [-0.15, -0.1) is 0 Å². The van der Waals surface area contributed by atoms with Crippen LogP contribution in [0.15, 0.2) is 0 Å². The quantitative estimate of drug-likeness (QED) is 0.524. The Morgan fingerprint density at radius 3 is 2.56 bits per heavy atom. The third-order valence-electron chi connectivity index (χ3n) is 3.11. The van der Waals surface area contributed by atoms with Crippen molar-refractivity contribution in [3.63, 3.8) is 0 Å². The second-order valence-corrected chi connectivity index (χ2v) is 6.32. The highest BCUT2D eigenvalue weighted by Crippen LogP contribution is 2.25. The van der Waals surface area contributed by atoms with Crippen molar-refractivity contribution in [2.24, 2.45) is 0 Å². The summed E-state index contributed by atoms with van der Waals surface area (Å²) in [4.78, 5) is 11.0. The SMILES string of the molecule is COC(=O)CCS(=O)(=O)N(CC#N)C1CCCC1. The molecule has 0 spiro atoms. The number of carbonyl (C=O) groups excluding carboxylic acids is 1. The molecular formula is C11H18N2O4S. The summed E-state index contributed by atoms with van der Waals surface area (Å²) < 4.78 is 29.9. The number of esters is 1. The Bertz CT molecular complexity index is 421. The van der Waals surface area contributed by atoms with Crippen molar-refractivity contribution in [1.29, 1.82) is 5.26 Å². The number of ether oxygens (including phenoxy) is 1.